The maximum atomic E-state index is 12.7. The Morgan fingerprint density at radius 2 is 1.53 bits per heavy atom. The first-order chi connectivity index (χ1) is 7.44. The SMILES string of the molecule is C=C(C)C(=O)NC(=O)C(F)(F)C(F)(F)C(=O)O. The second-order valence-electron chi connectivity index (χ2n) is 3.02. The molecule has 0 aliphatic carbocycles. The maximum Gasteiger partial charge on any atom is 0.413 e. The zero-order valence-electron chi connectivity index (χ0n) is 8.39. The van der Waals surface area contributed by atoms with Crippen LogP contribution in [0.25, 0.3) is 0 Å². The molecule has 0 aromatic carbocycles. The van der Waals surface area contributed by atoms with Crippen molar-refractivity contribution in [1.82, 2.24) is 5.32 Å². The molecule has 0 saturated carbocycles. The molecule has 0 bridgehead atoms. The predicted octanol–water partition coefficient (Wildman–Crippen LogP) is 0.560. The zero-order valence-corrected chi connectivity index (χ0v) is 8.39. The molecule has 0 unspecified atom stereocenters. The summed E-state index contributed by atoms with van der Waals surface area (Å²) < 4.78 is 50.5. The van der Waals surface area contributed by atoms with Gasteiger partial charge in [-0.1, -0.05) is 6.58 Å². The van der Waals surface area contributed by atoms with Crippen molar-refractivity contribution in [3.63, 3.8) is 0 Å². The van der Waals surface area contributed by atoms with E-state index < -0.39 is 29.6 Å². The van der Waals surface area contributed by atoms with Crippen molar-refractivity contribution in [3.8, 4) is 0 Å². The number of carbonyl (C=O) groups excluding carboxylic acids is 2. The van der Waals surface area contributed by atoms with Crippen molar-refractivity contribution in [2.45, 2.75) is 18.8 Å². The van der Waals surface area contributed by atoms with Gasteiger partial charge in [0.15, 0.2) is 0 Å². The standard InChI is InChI=1S/C8H7F4NO4/c1-3(2)4(14)13-5(15)7(9,10)8(11,12)6(16)17/h1H2,2H3,(H,16,17)(H,13,14,15). The topological polar surface area (TPSA) is 83.5 Å². The second-order valence-corrected chi connectivity index (χ2v) is 3.02. The molecule has 0 saturated heterocycles. The van der Waals surface area contributed by atoms with Gasteiger partial charge in [-0.05, 0) is 6.92 Å². The predicted molar refractivity (Wildman–Crippen MR) is 45.5 cm³/mol. The summed E-state index contributed by atoms with van der Waals surface area (Å²) in [6, 6.07) is 0. The number of carbonyl (C=O) groups is 3. The lowest BCUT2D eigenvalue weighted by molar-refractivity contribution is -0.222. The summed E-state index contributed by atoms with van der Waals surface area (Å²) in [4.78, 5) is 31.3. The van der Waals surface area contributed by atoms with E-state index in [-0.39, 0.29) is 5.57 Å². The van der Waals surface area contributed by atoms with Crippen LogP contribution in [-0.4, -0.2) is 34.7 Å². The van der Waals surface area contributed by atoms with Crippen molar-refractivity contribution < 1.29 is 37.1 Å². The van der Waals surface area contributed by atoms with Crippen LogP contribution in [0.4, 0.5) is 17.6 Å². The minimum atomic E-state index is -5.62. The number of carboxylic acid groups (broad SMARTS) is 1. The van der Waals surface area contributed by atoms with Crippen LogP contribution in [0.2, 0.25) is 0 Å². The highest BCUT2D eigenvalue weighted by molar-refractivity contribution is 6.07. The summed E-state index contributed by atoms with van der Waals surface area (Å²) in [5.74, 6) is -18.5. The third-order valence-corrected chi connectivity index (χ3v) is 1.56. The molecule has 96 valence electrons. The van der Waals surface area contributed by atoms with E-state index in [1.54, 1.807) is 0 Å². The smallest absolute Gasteiger partial charge is 0.413 e. The van der Waals surface area contributed by atoms with Crippen molar-refractivity contribution in [1.29, 1.82) is 0 Å². The Balaban J connectivity index is 5.08. The Morgan fingerprint density at radius 3 is 1.82 bits per heavy atom. The molecule has 0 heterocycles. The van der Waals surface area contributed by atoms with E-state index in [1.807, 2.05) is 0 Å². The van der Waals surface area contributed by atoms with E-state index in [0.717, 1.165) is 12.2 Å². The summed E-state index contributed by atoms with van der Waals surface area (Å²) in [6.45, 7) is 4.01. The average Bonchev–Trinajstić information content (AvgIpc) is 2.16. The number of alkyl halides is 4. The molecule has 0 aromatic heterocycles. The molecule has 0 radical (unpaired) electrons. The fourth-order valence-corrected chi connectivity index (χ4v) is 0.565. The van der Waals surface area contributed by atoms with Crippen LogP contribution in [0.1, 0.15) is 6.92 Å². The van der Waals surface area contributed by atoms with Crippen molar-refractivity contribution in [3.05, 3.63) is 12.2 Å². The Kier molecular flexibility index (Phi) is 4.00. The Labute approximate surface area is 92.1 Å². The Morgan fingerprint density at radius 1 is 1.12 bits per heavy atom. The lowest BCUT2D eigenvalue weighted by atomic mass is 10.1. The highest BCUT2D eigenvalue weighted by atomic mass is 19.3. The van der Waals surface area contributed by atoms with Crippen LogP contribution < -0.4 is 5.32 Å². The van der Waals surface area contributed by atoms with Crippen LogP contribution in [-0.2, 0) is 14.4 Å². The van der Waals surface area contributed by atoms with Gasteiger partial charge in [0.1, 0.15) is 0 Å². The number of nitrogens with one attached hydrogen (secondary N) is 1. The number of carboxylic acids is 1. The van der Waals surface area contributed by atoms with E-state index in [4.69, 9.17) is 5.11 Å². The van der Waals surface area contributed by atoms with E-state index in [9.17, 15) is 31.9 Å². The third-order valence-electron chi connectivity index (χ3n) is 1.56. The molecule has 2 amide bonds. The first-order valence-corrected chi connectivity index (χ1v) is 3.95. The lowest BCUT2D eigenvalue weighted by Crippen LogP contribution is -2.57. The number of hydrogen-bond donors (Lipinski definition) is 2. The van der Waals surface area contributed by atoms with Crippen LogP contribution in [0.3, 0.4) is 0 Å². The molecule has 0 aliphatic heterocycles. The van der Waals surface area contributed by atoms with E-state index >= 15 is 0 Å². The first-order valence-electron chi connectivity index (χ1n) is 3.95. The van der Waals surface area contributed by atoms with Crippen LogP contribution >= 0.6 is 0 Å². The molecule has 0 spiro atoms. The molecule has 17 heavy (non-hydrogen) atoms. The zero-order chi connectivity index (χ0) is 14.0. The van der Waals surface area contributed by atoms with Gasteiger partial charge in [-0.25, -0.2) is 4.79 Å². The number of imide groups is 1. The summed E-state index contributed by atoms with van der Waals surface area (Å²) >= 11 is 0. The second kappa shape index (κ2) is 4.52. The van der Waals surface area contributed by atoms with Gasteiger partial charge in [-0.3, -0.25) is 14.9 Å². The first kappa shape index (κ1) is 15.1. The summed E-state index contributed by atoms with van der Waals surface area (Å²) in [5, 5.41) is 8.77. The van der Waals surface area contributed by atoms with Gasteiger partial charge in [-0.15, -0.1) is 0 Å². The van der Waals surface area contributed by atoms with Crippen LogP contribution in [0.5, 0.6) is 0 Å². The number of hydrogen-bond acceptors (Lipinski definition) is 3. The van der Waals surface area contributed by atoms with Crippen molar-refractivity contribution in [2.75, 3.05) is 0 Å². The number of amides is 2. The monoisotopic (exact) mass is 257 g/mol. The van der Waals surface area contributed by atoms with Crippen LogP contribution in [0, 0.1) is 0 Å². The quantitative estimate of drug-likeness (QED) is 0.569. The minimum absolute atomic E-state index is 0.382. The number of aliphatic carboxylic acids is 1. The normalized spacial score (nSPS) is 11.8. The molecule has 9 heteroatoms. The molecule has 0 aliphatic rings. The van der Waals surface area contributed by atoms with Gasteiger partial charge in [0, 0.05) is 5.57 Å². The third kappa shape index (κ3) is 2.80. The molecule has 0 atom stereocenters. The number of rotatable bonds is 4. The van der Waals surface area contributed by atoms with Gasteiger partial charge in [0.2, 0.25) is 0 Å². The molecule has 0 rings (SSSR count). The maximum absolute atomic E-state index is 12.7. The van der Waals surface area contributed by atoms with E-state index in [2.05, 4.69) is 6.58 Å². The molecule has 2 N–H and O–H groups in total. The van der Waals surface area contributed by atoms with Gasteiger partial charge in [0.25, 0.3) is 5.91 Å². The molecular formula is C8H7F4NO4. The Hall–Kier alpha value is -1.93. The fourth-order valence-electron chi connectivity index (χ4n) is 0.565. The van der Waals surface area contributed by atoms with Gasteiger partial charge in [-0.2, -0.15) is 17.6 Å². The van der Waals surface area contributed by atoms with Gasteiger partial charge in [0.05, 0.1) is 0 Å². The van der Waals surface area contributed by atoms with E-state index in [0.29, 0.717) is 0 Å². The summed E-state index contributed by atoms with van der Waals surface area (Å²) in [5.41, 5.74) is -0.382. The minimum Gasteiger partial charge on any atom is -0.477 e. The van der Waals surface area contributed by atoms with Gasteiger partial charge >= 0.3 is 23.7 Å². The molecule has 0 aromatic rings. The number of halogens is 4. The van der Waals surface area contributed by atoms with Crippen LogP contribution in [0.15, 0.2) is 12.2 Å². The van der Waals surface area contributed by atoms with E-state index in [1.165, 1.54) is 0 Å². The highest BCUT2D eigenvalue weighted by Gasteiger charge is 2.67. The van der Waals surface area contributed by atoms with Crippen molar-refractivity contribution >= 4 is 17.8 Å². The largest absolute Gasteiger partial charge is 0.477 e. The molecular weight excluding hydrogens is 250 g/mol. The van der Waals surface area contributed by atoms with Crippen molar-refractivity contribution in [2.24, 2.45) is 0 Å². The fraction of sp³-hybridized carbons (Fsp3) is 0.375. The molecule has 5 nitrogen and oxygen atoms in total. The molecule has 0 fully saturated rings. The average molecular weight is 257 g/mol. The summed E-state index contributed by atoms with van der Waals surface area (Å²) in [6.07, 6.45) is 0. The Bertz CT molecular complexity index is 391. The highest BCUT2D eigenvalue weighted by Crippen LogP contribution is 2.34. The lowest BCUT2D eigenvalue weighted by Gasteiger charge is -2.21. The van der Waals surface area contributed by atoms with Gasteiger partial charge < -0.3 is 5.11 Å². The summed E-state index contributed by atoms with van der Waals surface area (Å²) in [7, 11) is 0.